The van der Waals surface area contributed by atoms with Crippen LogP contribution in [0, 0.1) is 25.2 Å². The summed E-state index contributed by atoms with van der Waals surface area (Å²) in [6, 6.07) is 2.76. The zero-order chi connectivity index (χ0) is 31.0. The van der Waals surface area contributed by atoms with Gasteiger partial charge in [0.15, 0.2) is 23.0 Å². The Morgan fingerprint density at radius 2 is 1.58 bits per heavy atom. The van der Waals surface area contributed by atoms with E-state index < -0.39 is 12.1 Å². The molecule has 9 nitrogen and oxygen atoms in total. The molecule has 2 N–H and O–H groups in total. The fraction of sp³-hybridized carbons (Fsp3) is 0.441. The van der Waals surface area contributed by atoms with E-state index in [2.05, 4.69) is 41.7 Å². The second kappa shape index (κ2) is 12.3. The Morgan fingerprint density at radius 3 is 2.16 bits per heavy atom. The minimum Gasteiger partial charge on any atom is -0.504 e. The van der Waals surface area contributed by atoms with Crippen LogP contribution in [0.3, 0.4) is 0 Å². The lowest BCUT2D eigenvalue weighted by Gasteiger charge is -2.59. The molecule has 0 unspecified atom stereocenters. The van der Waals surface area contributed by atoms with Gasteiger partial charge in [0, 0.05) is 34.3 Å². The van der Waals surface area contributed by atoms with E-state index in [4.69, 9.17) is 18.9 Å². The standard InChI is InChI=1S/C34H41N3O6/c1-8-11-41-32-20(5)33(42-12-9-2)34(43-13-10-3)28-22(32)16-24-29-27-21(14-19(4)31(40-7)30(27)39)15-23(36(29)6)25(17-35)37(24)26(28)18-38/h8-10,14,23-26,29,38-39H,1-3,11-13,15-16,18H2,4-7H3/t23-,24+,25+,26+,29-/m1/s1. The average molecular weight is 588 g/mol. The number of aliphatic hydroxyl groups is 1. The van der Waals surface area contributed by atoms with Crippen LogP contribution in [0.4, 0.5) is 0 Å². The Labute approximate surface area is 253 Å². The monoisotopic (exact) mass is 587 g/mol. The predicted molar refractivity (Wildman–Crippen MR) is 164 cm³/mol. The molecule has 0 spiro atoms. The molecule has 2 bridgehead atoms. The molecule has 0 saturated carbocycles. The van der Waals surface area contributed by atoms with Crippen LogP contribution in [0.15, 0.2) is 44.0 Å². The van der Waals surface area contributed by atoms with Crippen molar-refractivity contribution < 1.29 is 29.2 Å². The van der Waals surface area contributed by atoms with Crippen molar-refractivity contribution in [3.05, 3.63) is 77.4 Å². The summed E-state index contributed by atoms with van der Waals surface area (Å²) < 4.78 is 24.4. The molecule has 1 fully saturated rings. The Bertz CT molecular complexity index is 1480. The van der Waals surface area contributed by atoms with E-state index in [1.165, 1.54) is 0 Å². The highest BCUT2D eigenvalue weighted by molar-refractivity contribution is 5.66. The van der Waals surface area contributed by atoms with Crippen molar-refractivity contribution in [3.8, 4) is 34.8 Å². The second-order valence-electron chi connectivity index (χ2n) is 11.3. The largest absolute Gasteiger partial charge is 0.504 e. The number of aromatic hydroxyl groups is 1. The average Bonchev–Trinajstić information content (AvgIpc) is 2.99. The van der Waals surface area contributed by atoms with Gasteiger partial charge in [-0.2, -0.15) is 5.26 Å². The third-order valence-electron chi connectivity index (χ3n) is 9.07. The topological polar surface area (TPSA) is 108 Å². The summed E-state index contributed by atoms with van der Waals surface area (Å²) in [7, 11) is 3.57. The van der Waals surface area contributed by atoms with Crippen molar-refractivity contribution in [2.24, 2.45) is 0 Å². The number of aliphatic hydroxyl groups excluding tert-OH is 1. The number of methoxy groups -OCH3 is 1. The molecule has 43 heavy (non-hydrogen) atoms. The Morgan fingerprint density at radius 1 is 0.953 bits per heavy atom. The second-order valence-corrected chi connectivity index (χ2v) is 11.3. The van der Waals surface area contributed by atoms with E-state index in [-0.39, 0.29) is 50.3 Å². The van der Waals surface area contributed by atoms with Crippen molar-refractivity contribution in [1.29, 1.82) is 5.26 Å². The van der Waals surface area contributed by atoms with Crippen molar-refractivity contribution >= 4 is 0 Å². The summed E-state index contributed by atoms with van der Waals surface area (Å²) in [4.78, 5) is 4.33. The highest BCUT2D eigenvalue weighted by atomic mass is 16.5. The van der Waals surface area contributed by atoms with Gasteiger partial charge in [0.2, 0.25) is 0 Å². The number of hydrogen-bond acceptors (Lipinski definition) is 9. The van der Waals surface area contributed by atoms with Gasteiger partial charge in [-0.15, -0.1) is 0 Å². The number of nitriles is 1. The molecule has 0 aliphatic carbocycles. The number of aryl methyl sites for hydroxylation is 1. The first-order chi connectivity index (χ1) is 20.8. The molecular formula is C34H41N3O6. The summed E-state index contributed by atoms with van der Waals surface area (Å²) in [5.41, 5.74) is 5.03. The summed E-state index contributed by atoms with van der Waals surface area (Å²) in [6.07, 6.45) is 6.05. The quantitative estimate of drug-likeness (QED) is 0.368. The Balaban J connectivity index is 1.80. The van der Waals surface area contributed by atoms with Gasteiger partial charge in [0.25, 0.3) is 0 Å². The van der Waals surface area contributed by atoms with Crippen LogP contribution in [0.1, 0.15) is 45.5 Å². The van der Waals surface area contributed by atoms with Crippen LogP contribution in [0.5, 0.6) is 28.7 Å². The molecule has 228 valence electrons. The van der Waals surface area contributed by atoms with E-state index in [1.807, 2.05) is 20.9 Å². The van der Waals surface area contributed by atoms with Gasteiger partial charge >= 0.3 is 0 Å². The van der Waals surface area contributed by atoms with E-state index in [9.17, 15) is 15.5 Å². The number of hydrogen-bond donors (Lipinski definition) is 2. The van der Waals surface area contributed by atoms with Crippen LogP contribution >= 0.6 is 0 Å². The normalized spacial score (nSPS) is 24.0. The molecule has 0 amide bonds. The smallest absolute Gasteiger partial charge is 0.168 e. The number of phenols is 1. The van der Waals surface area contributed by atoms with Crippen molar-refractivity contribution in [2.75, 3.05) is 40.6 Å². The first-order valence-corrected chi connectivity index (χ1v) is 14.6. The van der Waals surface area contributed by atoms with Gasteiger partial charge in [-0.1, -0.05) is 44.0 Å². The van der Waals surface area contributed by atoms with Crippen LogP contribution < -0.4 is 18.9 Å². The van der Waals surface area contributed by atoms with Gasteiger partial charge in [-0.05, 0) is 44.9 Å². The van der Waals surface area contributed by atoms with E-state index >= 15 is 0 Å². The van der Waals surface area contributed by atoms with Gasteiger partial charge in [-0.3, -0.25) is 9.80 Å². The summed E-state index contributed by atoms with van der Waals surface area (Å²) in [5, 5.41) is 33.4. The molecule has 9 heteroatoms. The maximum Gasteiger partial charge on any atom is 0.168 e. The van der Waals surface area contributed by atoms with Crippen LogP contribution in [0.25, 0.3) is 0 Å². The molecule has 5 rings (SSSR count). The maximum atomic E-state index is 11.6. The molecule has 2 aromatic rings. The first kappa shape index (κ1) is 30.5. The number of nitrogens with zero attached hydrogens (tertiary/aromatic N) is 3. The third-order valence-corrected chi connectivity index (χ3v) is 9.07. The molecule has 0 aromatic heterocycles. The molecular weight excluding hydrogens is 546 g/mol. The molecule has 3 aliphatic heterocycles. The molecule has 1 saturated heterocycles. The highest BCUT2D eigenvalue weighted by Gasteiger charge is 2.56. The number of rotatable bonds is 11. The van der Waals surface area contributed by atoms with E-state index in [0.717, 1.165) is 33.4 Å². The minimum atomic E-state index is -0.606. The maximum absolute atomic E-state index is 11.6. The van der Waals surface area contributed by atoms with Crippen molar-refractivity contribution in [3.63, 3.8) is 0 Å². The highest BCUT2D eigenvalue weighted by Crippen LogP contribution is 2.57. The Kier molecular flexibility index (Phi) is 8.74. The lowest BCUT2D eigenvalue weighted by atomic mass is 9.71. The molecule has 5 atom stereocenters. The number of piperazine rings is 1. The van der Waals surface area contributed by atoms with Crippen LogP contribution in [0.2, 0.25) is 0 Å². The summed E-state index contributed by atoms with van der Waals surface area (Å²) in [5.74, 6) is 2.21. The number of likely N-dealkylation sites (N-methyl/N-ethyl adjacent to an activating group) is 1. The third kappa shape index (κ3) is 4.74. The van der Waals surface area contributed by atoms with Crippen LogP contribution in [-0.2, 0) is 12.8 Å². The summed E-state index contributed by atoms with van der Waals surface area (Å²) >= 11 is 0. The minimum absolute atomic E-state index is 0.122. The fourth-order valence-corrected chi connectivity index (χ4v) is 7.48. The van der Waals surface area contributed by atoms with E-state index in [1.54, 1.807) is 25.3 Å². The Hall–Kier alpha value is -3.97. The van der Waals surface area contributed by atoms with Gasteiger partial charge in [-0.25, -0.2) is 0 Å². The fourth-order valence-electron chi connectivity index (χ4n) is 7.48. The molecule has 0 radical (unpaired) electrons. The number of fused-ring (bicyclic) bond motifs is 7. The predicted octanol–water partition coefficient (Wildman–Crippen LogP) is 4.48. The zero-order valence-electron chi connectivity index (χ0n) is 25.4. The molecule has 3 aliphatic rings. The lowest BCUT2D eigenvalue weighted by Crippen LogP contribution is -2.68. The molecule has 2 aromatic carbocycles. The van der Waals surface area contributed by atoms with Crippen LogP contribution in [-0.4, -0.2) is 78.7 Å². The number of benzene rings is 2. The van der Waals surface area contributed by atoms with Gasteiger partial charge in [0.05, 0.1) is 31.9 Å². The lowest BCUT2D eigenvalue weighted by molar-refractivity contribution is -0.0827. The molecule has 3 heterocycles. The number of ether oxygens (including phenoxy) is 4. The van der Waals surface area contributed by atoms with Crippen molar-refractivity contribution in [1.82, 2.24) is 9.80 Å². The van der Waals surface area contributed by atoms with Crippen molar-refractivity contribution in [2.45, 2.75) is 56.9 Å². The van der Waals surface area contributed by atoms with E-state index in [0.29, 0.717) is 35.8 Å². The van der Waals surface area contributed by atoms with Gasteiger partial charge < -0.3 is 29.2 Å². The number of phenolic OH excluding ortho intramolecular Hbond substituents is 1. The SMILES string of the molecule is C=CCOc1c(C)c(OCC=C)c(OCC=C)c2c1C[C@H]1[C@@H]3c4c(cc(C)c(OC)c4O)C[C@H]([C@H](C#N)N1[C@H]2CO)N3C. The van der Waals surface area contributed by atoms with Gasteiger partial charge in [0.1, 0.15) is 31.6 Å². The summed E-state index contributed by atoms with van der Waals surface area (Å²) in [6.45, 7) is 15.8. The zero-order valence-corrected chi connectivity index (χ0v) is 25.4. The first-order valence-electron chi connectivity index (χ1n) is 14.6.